The molecule has 0 saturated carbocycles. The van der Waals surface area contributed by atoms with Crippen LogP contribution in [0.2, 0.25) is 5.02 Å². The van der Waals surface area contributed by atoms with Crippen LogP contribution in [0.1, 0.15) is 17.4 Å². The van der Waals surface area contributed by atoms with Gasteiger partial charge in [0.25, 0.3) is 5.91 Å². The van der Waals surface area contributed by atoms with Gasteiger partial charge in [-0.3, -0.25) is 4.79 Å². The minimum absolute atomic E-state index is 0.0425. The summed E-state index contributed by atoms with van der Waals surface area (Å²) in [5, 5.41) is 4.46. The first-order valence-electron chi connectivity index (χ1n) is 5.79. The van der Waals surface area contributed by atoms with Crippen molar-refractivity contribution in [2.75, 3.05) is 6.54 Å². The van der Waals surface area contributed by atoms with Gasteiger partial charge in [0.2, 0.25) is 0 Å². The monoisotopic (exact) mass is 265 g/mol. The van der Waals surface area contributed by atoms with E-state index in [1.165, 1.54) is 0 Å². The predicted molar refractivity (Wildman–Crippen MR) is 73.9 cm³/mol. The average molecular weight is 266 g/mol. The summed E-state index contributed by atoms with van der Waals surface area (Å²) in [7, 11) is 1.86. The SMILES string of the molecule is CC(CN)NC(=O)c1cc2cc(Cl)ccc2n1C. The van der Waals surface area contributed by atoms with Gasteiger partial charge in [-0.25, -0.2) is 0 Å². The number of benzene rings is 1. The van der Waals surface area contributed by atoms with Gasteiger partial charge in [-0.05, 0) is 31.2 Å². The fraction of sp³-hybridized carbons (Fsp3) is 0.308. The van der Waals surface area contributed by atoms with E-state index in [1.54, 1.807) is 0 Å². The molecule has 0 bridgehead atoms. The maximum absolute atomic E-state index is 12.1. The first kappa shape index (κ1) is 12.9. The van der Waals surface area contributed by atoms with Gasteiger partial charge in [-0.1, -0.05) is 11.6 Å². The van der Waals surface area contributed by atoms with Crippen molar-refractivity contribution in [2.45, 2.75) is 13.0 Å². The van der Waals surface area contributed by atoms with Crippen LogP contribution in [0.15, 0.2) is 24.3 Å². The molecule has 1 aromatic heterocycles. The molecule has 0 saturated heterocycles. The summed E-state index contributed by atoms with van der Waals surface area (Å²) < 4.78 is 1.85. The Bertz CT molecular complexity index is 591. The van der Waals surface area contributed by atoms with Crippen molar-refractivity contribution in [3.63, 3.8) is 0 Å². The van der Waals surface area contributed by atoms with Crippen LogP contribution in [0, 0.1) is 0 Å². The number of rotatable bonds is 3. The summed E-state index contributed by atoms with van der Waals surface area (Å²) in [6.45, 7) is 2.29. The number of nitrogens with one attached hydrogen (secondary N) is 1. The number of aryl methyl sites for hydroxylation is 1. The highest BCUT2D eigenvalue weighted by molar-refractivity contribution is 6.31. The van der Waals surface area contributed by atoms with Crippen molar-refractivity contribution >= 4 is 28.4 Å². The van der Waals surface area contributed by atoms with Gasteiger partial charge in [-0.15, -0.1) is 0 Å². The van der Waals surface area contributed by atoms with E-state index in [1.807, 2.05) is 42.8 Å². The topological polar surface area (TPSA) is 60.0 Å². The van der Waals surface area contributed by atoms with Gasteiger partial charge in [-0.2, -0.15) is 0 Å². The molecule has 18 heavy (non-hydrogen) atoms. The number of nitrogens with two attached hydrogens (primary N) is 1. The standard InChI is InChI=1S/C13H16ClN3O/c1-8(7-15)16-13(18)12-6-9-5-10(14)3-4-11(9)17(12)2/h3-6,8H,7,15H2,1-2H3,(H,16,18). The van der Waals surface area contributed by atoms with Crippen molar-refractivity contribution in [1.29, 1.82) is 0 Å². The van der Waals surface area contributed by atoms with Crippen molar-refractivity contribution in [3.8, 4) is 0 Å². The van der Waals surface area contributed by atoms with Gasteiger partial charge in [0, 0.05) is 35.6 Å². The lowest BCUT2D eigenvalue weighted by Crippen LogP contribution is -2.38. The van der Waals surface area contributed by atoms with Gasteiger partial charge < -0.3 is 15.6 Å². The van der Waals surface area contributed by atoms with Crippen LogP contribution in [-0.2, 0) is 7.05 Å². The third-order valence-corrected chi connectivity index (χ3v) is 3.20. The Hall–Kier alpha value is -1.52. The highest BCUT2D eigenvalue weighted by atomic mass is 35.5. The summed E-state index contributed by atoms with van der Waals surface area (Å²) in [5.41, 5.74) is 7.07. The maximum Gasteiger partial charge on any atom is 0.268 e. The zero-order valence-electron chi connectivity index (χ0n) is 10.4. The van der Waals surface area contributed by atoms with Crippen LogP contribution < -0.4 is 11.1 Å². The van der Waals surface area contributed by atoms with E-state index in [0.717, 1.165) is 10.9 Å². The Morgan fingerprint density at radius 3 is 2.89 bits per heavy atom. The first-order chi connectivity index (χ1) is 8.52. The predicted octanol–water partition coefficient (Wildman–Crippen LogP) is 1.91. The highest BCUT2D eigenvalue weighted by Crippen LogP contribution is 2.22. The number of fused-ring (bicyclic) bond motifs is 1. The molecule has 96 valence electrons. The molecule has 0 radical (unpaired) electrons. The van der Waals surface area contributed by atoms with Crippen molar-refractivity contribution in [1.82, 2.24) is 9.88 Å². The van der Waals surface area contributed by atoms with Crippen molar-refractivity contribution < 1.29 is 4.79 Å². The summed E-state index contributed by atoms with van der Waals surface area (Å²) in [6, 6.07) is 7.36. The number of aromatic nitrogens is 1. The van der Waals surface area contributed by atoms with E-state index >= 15 is 0 Å². The maximum atomic E-state index is 12.1. The number of amides is 1. The fourth-order valence-corrected chi connectivity index (χ4v) is 2.08. The first-order valence-corrected chi connectivity index (χ1v) is 6.16. The normalized spacial score (nSPS) is 12.7. The second-order valence-electron chi connectivity index (χ2n) is 4.40. The molecule has 1 unspecified atom stereocenters. The molecule has 0 aliphatic heterocycles. The molecule has 3 N–H and O–H groups in total. The van der Waals surface area contributed by atoms with Crippen molar-refractivity contribution in [2.24, 2.45) is 12.8 Å². The second kappa shape index (κ2) is 5.00. The van der Waals surface area contributed by atoms with Crippen LogP contribution in [0.4, 0.5) is 0 Å². The molecule has 4 nitrogen and oxygen atoms in total. The van der Waals surface area contributed by atoms with E-state index < -0.39 is 0 Å². The Balaban J connectivity index is 2.39. The van der Waals surface area contributed by atoms with Crippen LogP contribution in [-0.4, -0.2) is 23.1 Å². The molecule has 1 aromatic carbocycles. The minimum Gasteiger partial charge on any atom is -0.347 e. The molecule has 1 heterocycles. The van der Waals surface area contributed by atoms with E-state index in [4.69, 9.17) is 17.3 Å². The number of nitrogens with zero attached hydrogens (tertiary/aromatic N) is 1. The molecule has 5 heteroatoms. The Labute approximate surface area is 111 Å². The number of hydrogen-bond acceptors (Lipinski definition) is 2. The second-order valence-corrected chi connectivity index (χ2v) is 4.84. The van der Waals surface area contributed by atoms with Gasteiger partial charge >= 0.3 is 0 Å². The molecule has 0 aliphatic rings. The fourth-order valence-electron chi connectivity index (χ4n) is 1.89. The number of halogens is 1. The third kappa shape index (κ3) is 2.35. The molecule has 2 rings (SSSR count). The molecular formula is C13H16ClN3O. The number of carbonyl (C=O) groups is 1. The highest BCUT2D eigenvalue weighted by Gasteiger charge is 2.14. The lowest BCUT2D eigenvalue weighted by molar-refractivity contribution is 0.0933. The minimum atomic E-state index is -0.122. The largest absolute Gasteiger partial charge is 0.347 e. The molecule has 2 aromatic rings. The quantitative estimate of drug-likeness (QED) is 0.891. The molecular weight excluding hydrogens is 250 g/mol. The van der Waals surface area contributed by atoms with Gasteiger partial charge in [0.05, 0.1) is 0 Å². The van der Waals surface area contributed by atoms with E-state index in [0.29, 0.717) is 17.3 Å². The zero-order valence-corrected chi connectivity index (χ0v) is 11.2. The molecule has 0 spiro atoms. The van der Waals surface area contributed by atoms with Gasteiger partial charge in [0.15, 0.2) is 0 Å². The summed E-state index contributed by atoms with van der Waals surface area (Å²) in [4.78, 5) is 12.1. The van der Waals surface area contributed by atoms with Crippen molar-refractivity contribution in [3.05, 3.63) is 35.0 Å². The third-order valence-electron chi connectivity index (χ3n) is 2.97. The smallest absolute Gasteiger partial charge is 0.268 e. The zero-order chi connectivity index (χ0) is 13.3. The molecule has 1 amide bonds. The lowest BCUT2D eigenvalue weighted by Gasteiger charge is -2.11. The summed E-state index contributed by atoms with van der Waals surface area (Å²) in [6.07, 6.45) is 0. The average Bonchev–Trinajstić information content (AvgIpc) is 2.66. The summed E-state index contributed by atoms with van der Waals surface area (Å²) in [5.74, 6) is -0.122. The lowest BCUT2D eigenvalue weighted by atomic mass is 10.2. The number of carbonyl (C=O) groups excluding carboxylic acids is 1. The number of hydrogen-bond donors (Lipinski definition) is 2. The Morgan fingerprint density at radius 1 is 1.50 bits per heavy atom. The van der Waals surface area contributed by atoms with E-state index in [-0.39, 0.29) is 11.9 Å². The van der Waals surface area contributed by atoms with Crippen LogP contribution in [0.25, 0.3) is 10.9 Å². The molecule has 1 atom stereocenters. The van der Waals surface area contributed by atoms with E-state index in [2.05, 4.69) is 5.32 Å². The molecule has 0 fully saturated rings. The van der Waals surface area contributed by atoms with Gasteiger partial charge in [0.1, 0.15) is 5.69 Å². The van der Waals surface area contributed by atoms with Crippen LogP contribution in [0.3, 0.4) is 0 Å². The Kier molecular flexibility index (Phi) is 3.59. The van der Waals surface area contributed by atoms with E-state index in [9.17, 15) is 4.79 Å². The van der Waals surface area contributed by atoms with Crippen LogP contribution in [0.5, 0.6) is 0 Å². The molecule has 0 aliphatic carbocycles. The summed E-state index contributed by atoms with van der Waals surface area (Å²) >= 11 is 5.94. The van der Waals surface area contributed by atoms with Crippen LogP contribution >= 0.6 is 11.6 Å². The Morgan fingerprint density at radius 2 is 2.22 bits per heavy atom.